The second kappa shape index (κ2) is 9.46. The standard InChI is InChI=1S/C24H25FNO5P/c1-14(2)22-19(11-12-24(15(3)27,23(28)29)32(30)31-4)20(13-21(26-22)17-5-6-17)16-7-9-18(25)10-8-16/h7-10,13-15,17,27H,5-6H2,1-4H3/p+1. The Hall–Kier alpha value is -2.65. The molecule has 0 spiro atoms. The van der Waals surface area contributed by atoms with Crippen LogP contribution in [0.4, 0.5) is 4.39 Å². The van der Waals surface area contributed by atoms with Gasteiger partial charge in [0.1, 0.15) is 11.9 Å². The maximum absolute atomic E-state index is 13.6. The fourth-order valence-electron chi connectivity index (χ4n) is 3.49. The lowest BCUT2D eigenvalue weighted by Crippen LogP contribution is -2.44. The monoisotopic (exact) mass is 458 g/mol. The highest BCUT2D eigenvalue weighted by Gasteiger charge is 2.62. The Balaban J connectivity index is 2.31. The largest absolute Gasteiger partial charge is 0.542 e. The Bertz CT molecular complexity index is 1100. The van der Waals surface area contributed by atoms with E-state index in [1.807, 2.05) is 19.9 Å². The van der Waals surface area contributed by atoms with Crippen LogP contribution in [0.2, 0.25) is 0 Å². The van der Waals surface area contributed by atoms with Gasteiger partial charge in [0.2, 0.25) is 0 Å². The lowest BCUT2D eigenvalue weighted by Gasteiger charge is -2.17. The van der Waals surface area contributed by atoms with E-state index in [1.165, 1.54) is 19.1 Å². The second-order valence-electron chi connectivity index (χ2n) is 8.23. The first-order chi connectivity index (χ1) is 15.1. The number of hydrogen-bond donors (Lipinski definition) is 2. The van der Waals surface area contributed by atoms with E-state index in [0.29, 0.717) is 28.3 Å². The van der Waals surface area contributed by atoms with Crippen molar-refractivity contribution in [2.75, 3.05) is 7.11 Å². The summed E-state index contributed by atoms with van der Waals surface area (Å²) in [5.41, 5.74) is 3.44. The van der Waals surface area contributed by atoms with Gasteiger partial charge in [-0.05, 0) is 59.9 Å². The van der Waals surface area contributed by atoms with Crippen molar-refractivity contribution >= 4 is 14.0 Å². The Morgan fingerprint density at radius 1 is 1.28 bits per heavy atom. The molecule has 1 aliphatic rings. The molecule has 1 aliphatic carbocycles. The summed E-state index contributed by atoms with van der Waals surface area (Å²) in [6.07, 6.45) is 0.514. The zero-order valence-corrected chi connectivity index (χ0v) is 19.3. The van der Waals surface area contributed by atoms with Gasteiger partial charge in [-0.2, -0.15) is 0 Å². The molecule has 1 aromatic carbocycles. The fraction of sp³-hybridized carbons (Fsp3) is 0.417. The third kappa shape index (κ3) is 4.59. The SMILES string of the molecule is CO[P+](=O)C(C#Cc1c(-c2ccc(F)cc2)cc(C2CC2)nc1C(C)C)(C(=O)O)C(C)O. The van der Waals surface area contributed by atoms with Crippen molar-refractivity contribution in [1.29, 1.82) is 0 Å². The molecule has 3 rings (SSSR count). The first kappa shape index (κ1) is 24.0. The van der Waals surface area contributed by atoms with Crippen molar-refractivity contribution in [3.05, 3.63) is 53.1 Å². The van der Waals surface area contributed by atoms with E-state index in [2.05, 4.69) is 11.8 Å². The molecule has 1 saturated carbocycles. The normalized spacial score (nSPS) is 16.7. The summed E-state index contributed by atoms with van der Waals surface area (Å²) in [7, 11) is -1.74. The predicted octanol–water partition coefficient (Wildman–Crippen LogP) is 4.83. The number of carboxylic acid groups (broad SMARTS) is 1. The maximum Gasteiger partial charge on any atom is 0.542 e. The second-order valence-corrected chi connectivity index (χ2v) is 9.81. The van der Waals surface area contributed by atoms with Crippen molar-refractivity contribution in [3.8, 4) is 23.0 Å². The molecule has 1 heterocycles. The van der Waals surface area contributed by atoms with Crippen LogP contribution in [-0.2, 0) is 13.9 Å². The first-order valence-corrected chi connectivity index (χ1v) is 11.6. The number of carboxylic acids is 1. The minimum absolute atomic E-state index is 0.0424. The summed E-state index contributed by atoms with van der Waals surface area (Å²) in [5.74, 6) is 3.82. The molecule has 1 fully saturated rings. The highest BCUT2D eigenvalue weighted by molar-refractivity contribution is 7.43. The number of aliphatic hydroxyl groups is 1. The van der Waals surface area contributed by atoms with Crippen LogP contribution in [0, 0.1) is 17.7 Å². The van der Waals surface area contributed by atoms with Gasteiger partial charge in [-0.15, -0.1) is 4.52 Å². The van der Waals surface area contributed by atoms with Gasteiger partial charge in [-0.1, -0.05) is 31.9 Å². The van der Waals surface area contributed by atoms with Gasteiger partial charge in [-0.25, -0.2) is 9.18 Å². The van der Waals surface area contributed by atoms with Gasteiger partial charge in [0.05, 0.1) is 18.4 Å². The van der Waals surface area contributed by atoms with Crippen molar-refractivity contribution in [1.82, 2.24) is 4.98 Å². The molecular formula is C24H26FNO5P+. The summed E-state index contributed by atoms with van der Waals surface area (Å²) in [6.45, 7) is 5.12. The number of aliphatic carboxylic acids is 1. The van der Waals surface area contributed by atoms with Gasteiger partial charge >= 0.3 is 19.2 Å². The lowest BCUT2D eigenvalue weighted by atomic mass is 9.92. The molecule has 0 bridgehead atoms. The van der Waals surface area contributed by atoms with E-state index < -0.39 is 25.3 Å². The Kier molecular flexibility index (Phi) is 7.09. The van der Waals surface area contributed by atoms with E-state index in [1.54, 1.807) is 12.1 Å². The van der Waals surface area contributed by atoms with Gasteiger partial charge < -0.3 is 10.2 Å². The van der Waals surface area contributed by atoms with Gasteiger partial charge in [0.15, 0.2) is 0 Å². The van der Waals surface area contributed by atoms with E-state index in [9.17, 15) is 24.0 Å². The fourth-order valence-corrected chi connectivity index (χ4v) is 4.39. The predicted molar refractivity (Wildman–Crippen MR) is 119 cm³/mol. The van der Waals surface area contributed by atoms with Crippen LogP contribution < -0.4 is 0 Å². The molecule has 32 heavy (non-hydrogen) atoms. The lowest BCUT2D eigenvalue weighted by molar-refractivity contribution is -0.141. The molecule has 168 valence electrons. The van der Waals surface area contributed by atoms with Crippen LogP contribution >= 0.6 is 8.03 Å². The average Bonchev–Trinajstić information content (AvgIpc) is 3.59. The van der Waals surface area contributed by atoms with Gasteiger partial charge in [-0.3, -0.25) is 4.98 Å². The van der Waals surface area contributed by atoms with Crippen LogP contribution in [0.25, 0.3) is 11.1 Å². The summed E-state index contributed by atoms with van der Waals surface area (Å²) in [6, 6.07) is 7.86. The molecule has 0 amide bonds. The number of pyridine rings is 1. The zero-order chi connectivity index (χ0) is 23.6. The van der Waals surface area contributed by atoms with Crippen LogP contribution in [0.5, 0.6) is 0 Å². The maximum atomic E-state index is 13.6. The number of carbonyl (C=O) groups is 1. The third-order valence-electron chi connectivity index (χ3n) is 5.53. The minimum Gasteiger partial charge on any atom is -0.477 e. The van der Waals surface area contributed by atoms with Crippen LogP contribution in [0.15, 0.2) is 30.3 Å². The number of hydrogen-bond acceptors (Lipinski definition) is 5. The highest BCUT2D eigenvalue weighted by atomic mass is 31.1. The minimum atomic E-state index is -2.84. The van der Waals surface area contributed by atoms with E-state index in [-0.39, 0.29) is 11.7 Å². The van der Waals surface area contributed by atoms with E-state index in [0.717, 1.165) is 25.6 Å². The van der Waals surface area contributed by atoms with Crippen LogP contribution in [0.3, 0.4) is 0 Å². The van der Waals surface area contributed by atoms with Crippen molar-refractivity contribution in [2.45, 2.75) is 56.7 Å². The van der Waals surface area contributed by atoms with Crippen molar-refractivity contribution in [3.63, 3.8) is 0 Å². The number of benzene rings is 1. The number of halogens is 1. The van der Waals surface area contributed by atoms with Gasteiger partial charge in [0, 0.05) is 17.2 Å². The molecule has 2 N–H and O–H groups in total. The first-order valence-electron chi connectivity index (χ1n) is 10.4. The Morgan fingerprint density at radius 3 is 2.38 bits per heavy atom. The number of rotatable bonds is 7. The zero-order valence-electron chi connectivity index (χ0n) is 18.4. The van der Waals surface area contributed by atoms with Crippen molar-refractivity contribution in [2.24, 2.45) is 0 Å². The van der Waals surface area contributed by atoms with Crippen LogP contribution in [-0.4, -0.2) is 39.5 Å². The molecule has 6 nitrogen and oxygen atoms in total. The van der Waals surface area contributed by atoms with Crippen LogP contribution in [0.1, 0.15) is 62.4 Å². The molecule has 0 saturated heterocycles. The van der Waals surface area contributed by atoms with Crippen molar-refractivity contribution < 1.29 is 28.5 Å². The summed E-state index contributed by atoms with van der Waals surface area (Å²) < 4.78 is 30.9. The number of aliphatic hydroxyl groups excluding tert-OH is 1. The van der Waals surface area contributed by atoms with Gasteiger partial charge in [0.25, 0.3) is 0 Å². The average molecular weight is 458 g/mol. The molecule has 3 atom stereocenters. The topological polar surface area (TPSA) is 96.7 Å². The smallest absolute Gasteiger partial charge is 0.477 e. The quantitative estimate of drug-likeness (QED) is 0.456. The third-order valence-corrected chi connectivity index (χ3v) is 7.11. The molecule has 0 radical (unpaired) electrons. The molecule has 1 aromatic heterocycles. The summed E-state index contributed by atoms with van der Waals surface area (Å²) in [4.78, 5) is 16.9. The summed E-state index contributed by atoms with van der Waals surface area (Å²) >= 11 is 0. The van der Waals surface area contributed by atoms with E-state index in [4.69, 9.17) is 9.51 Å². The number of aromatic nitrogens is 1. The molecule has 3 unspecified atom stereocenters. The summed E-state index contributed by atoms with van der Waals surface area (Å²) in [5, 5.41) is 17.7. The molecule has 2 aromatic rings. The Morgan fingerprint density at radius 2 is 1.91 bits per heavy atom. The molecule has 0 aliphatic heterocycles. The molecule has 8 heteroatoms. The highest BCUT2D eigenvalue weighted by Crippen LogP contribution is 2.44. The van der Waals surface area contributed by atoms with E-state index >= 15 is 0 Å². The number of nitrogens with zero attached hydrogens (tertiary/aromatic N) is 1. The molecular weight excluding hydrogens is 432 g/mol. The Labute approximate surface area is 187 Å².